The Morgan fingerprint density at radius 3 is 2.20 bits per heavy atom. The first-order chi connectivity index (χ1) is 21.9. The highest BCUT2D eigenvalue weighted by Crippen LogP contribution is 2.28. The van der Waals surface area contributed by atoms with Crippen LogP contribution in [0.15, 0.2) is 103 Å². The summed E-state index contributed by atoms with van der Waals surface area (Å²) < 4.78 is 0. The maximum Gasteiger partial charge on any atom is 0.270 e. The number of benzene rings is 3. The number of aromatic amines is 1. The van der Waals surface area contributed by atoms with Crippen molar-refractivity contribution in [2.75, 3.05) is 35.8 Å². The Labute approximate surface area is 277 Å². The van der Waals surface area contributed by atoms with E-state index in [2.05, 4.69) is 70.6 Å². The summed E-state index contributed by atoms with van der Waals surface area (Å²) in [5, 5.41) is 22.3. The van der Waals surface area contributed by atoms with E-state index in [1.807, 2.05) is 84.3 Å². The minimum absolute atomic E-state index is 0.0597. The first kappa shape index (κ1) is 39.0. The summed E-state index contributed by atoms with van der Waals surface area (Å²) in [6, 6.07) is 23.1. The second kappa shape index (κ2) is 22.5. The molecule has 1 aliphatic heterocycles. The van der Waals surface area contributed by atoms with Gasteiger partial charge in [0, 0.05) is 59.6 Å². The standard InChI is InChI=1S/C28H26N6O2.3C2H6.CH3ClS/c1-33-15-12-23(13-16-33)31-24-4-2-3-20(17-24)19-30-21-5-7-22(8-6-21)32-28-11-14-29-27-10-9-25(34(35)36)18-26(27)28;3*1-2;1-3-2/h2-15,17-18,30-31H,16,19H2,1H3,(H,29,32);3*1-2H3;1H3/p+2. The quantitative estimate of drug-likeness (QED) is 0.112. The second-order valence-corrected chi connectivity index (χ2v) is 10.2. The average Bonchev–Trinajstić information content (AvgIpc) is 3.09. The molecule has 4 aromatic rings. The number of likely N-dealkylation sites (N-methyl/N-ethyl adjacent to an activating group) is 1. The number of allylic oxidation sites excluding steroid dienone is 1. The summed E-state index contributed by atoms with van der Waals surface area (Å²) in [5.41, 5.74) is 6.95. The normalized spacial score (nSPS) is 12.6. The van der Waals surface area contributed by atoms with Crippen LogP contribution >= 0.6 is 21.7 Å². The van der Waals surface area contributed by atoms with Gasteiger partial charge in [-0.25, -0.2) is 4.98 Å². The zero-order chi connectivity index (χ0) is 33.6. The molecule has 1 aromatic heterocycles. The third kappa shape index (κ3) is 13.2. The van der Waals surface area contributed by atoms with Gasteiger partial charge in [0.25, 0.3) is 5.69 Å². The molecule has 1 atom stereocenters. The number of non-ortho nitro benzene ring substituents is 1. The van der Waals surface area contributed by atoms with E-state index in [1.54, 1.807) is 12.1 Å². The molecule has 5 N–H and O–H groups in total. The Morgan fingerprint density at radius 1 is 0.911 bits per heavy atom. The number of pyridine rings is 1. The van der Waals surface area contributed by atoms with E-state index in [0.29, 0.717) is 6.54 Å². The molecule has 0 spiro atoms. The van der Waals surface area contributed by atoms with Crippen molar-refractivity contribution >= 4 is 61.0 Å². The van der Waals surface area contributed by atoms with Gasteiger partial charge in [-0.05, 0) is 65.0 Å². The Morgan fingerprint density at radius 2 is 1.58 bits per heavy atom. The van der Waals surface area contributed by atoms with Crippen LogP contribution in [0.2, 0.25) is 0 Å². The monoisotopic (exact) mass is 652 g/mol. The molecule has 5 rings (SSSR count). The van der Waals surface area contributed by atoms with E-state index < -0.39 is 0 Å². The van der Waals surface area contributed by atoms with E-state index in [1.165, 1.54) is 27.5 Å². The number of nitrogens with one attached hydrogen (secondary N) is 5. The number of nitro benzene ring substituents is 1. The number of aromatic nitrogens is 1. The maximum atomic E-state index is 11.2. The number of fused-ring (bicyclic) bond motifs is 1. The van der Waals surface area contributed by atoms with Crippen LogP contribution in [0, 0.1) is 10.1 Å². The predicted octanol–water partition coefficient (Wildman–Crippen LogP) is 8.84. The molecule has 0 amide bonds. The average molecular weight is 653 g/mol. The second-order valence-electron chi connectivity index (χ2n) is 8.96. The van der Waals surface area contributed by atoms with Crippen LogP contribution in [0.3, 0.4) is 0 Å². The number of anilines is 4. The summed E-state index contributed by atoms with van der Waals surface area (Å²) in [6.07, 6.45) is 10.1. The molecule has 0 saturated heterocycles. The molecular formula is C35H49ClN6O2S+2. The van der Waals surface area contributed by atoms with Crippen LogP contribution in [-0.2, 0) is 6.54 Å². The molecular weight excluding hydrogens is 604 g/mol. The summed E-state index contributed by atoms with van der Waals surface area (Å²) in [7, 11) is 8.27. The van der Waals surface area contributed by atoms with Crippen LogP contribution in [0.25, 0.3) is 10.9 Å². The van der Waals surface area contributed by atoms with E-state index >= 15 is 0 Å². The molecule has 2 heterocycles. The lowest BCUT2D eigenvalue weighted by molar-refractivity contribution is -0.818. The van der Waals surface area contributed by atoms with E-state index in [4.69, 9.17) is 10.7 Å². The van der Waals surface area contributed by atoms with Crippen molar-refractivity contribution in [1.82, 2.24) is 0 Å². The lowest BCUT2D eigenvalue weighted by atomic mass is 10.1. The SMILES string of the molecule is CC.CC.CC.CSCl.C[NH+]1C=CC(Nc2cccc(CNc3ccc(Nc4cc[nH+]c5ccc([N+](=O)[O-])cc45)cc3)c2)=CC1. The zero-order valence-corrected chi connectivity index (χ0v) is 29.3. The Hall–Kier alpha value is -4.05. The van der Waals surface area contributed by atoms with Crippen LogP contribution < -0.4 is 25.8 Å². The molecule has 8 nitrogen and oxygen atoms in total. The van der Waals surface area contributed by atoms with Crippen molar-refractivity contribution in [3.8, 4) is 0 Å². The summed E-state index contributed by atoms with van der Waals surface area (Å²) >= 11 is 0. The Bertz CT molecular complexity index is 1500. The van der Waals surface area contributed by atoms with Crippen LogP contribution in [0.5, 0.6) is 0 Å². The number of nitrogens with zero attached hydrogens (tertiary/aromatic N) is 1. The first-order valence-corrected chi connectivity index (χ1v) is 17.4. The molecule has 45 heavy (non-hydrogen) atoms. The zero-order valence-electron chi connectivity index (χ0n) is 27.7. The van der Waals surface area contributed by atoms with Gasteiger partial charge in [-0.2, -0.15) is 0 Å². The molecule has 10 heteroatoms. The van der Waals surface area contributed by atoms with Gasteiger partial charge in [-0.15, -0.1) is 0 Å². The summed E-state index contributed by atoms with van der Waals surface area (Å²) in [5.74, 6) is 0. The highest BCUT2D eigenvalue weighted by Gasteiger charge is 2.13. The highest BCUT2D eigenvalue weighted by molar-refractivity contribution is 8.20. The van der Waals surface area contributed by atoms with Crippen molar-refractivity contribution in [2.24, 2.45) is 0 Å². The van der Waals surface area contributed by atoms with Crippen LogP contribution in [0.1, 0.15) is 47.1 Å². The maximum absolute atomic E-state index is 11.2. The van der Waals surface area contributed by atoms with Gasteiger partial charge in [-0.3, -0.25) is 10.1 Å². The molecule has 242 valence electrons. The lowest BCUT2D eigenvalue weighted by Crippen LogP contribution is -3.04. The number of hydrogen-bond acceptors (Lipinski definition) is 6. The Kier molecular flexibility index (Phi) is 19.5. The smallest absolute Gasteiger partial charge is 0.270 e. The largest absolute Gasteiger partial charge is 0.381 e. The van der Waals surface area contributed by atoms with Crippen molar-refractivity contribution in [3.63, 3.8) is 0 Å². The molecule has 0 fully saturated rings. The topological polar surface area (TPSA) is 97.8 Å². The van der Waals surface area contributed by atoms with Crippen molar-refractivity contribution in [3.05, 3.63) is 119 Å². The van der Waals surface area contributed by atoms with Gasteiger partial charge in [-0.1, -0.05) is 64.7 Å². The molecule has 1 unspecified atom stereocenters. The molecule has 0 radical (unpaired) electrons. The van der Waals surface area contributed by atoms with E-state index in [0.717, 1.165) is 45.9 Å². The minimum Gasteiger partial charge on any atom is -0.381 e. The van der Waals surface area contributed by atoms with Crippen LogP contribution in [-0.4, -0.2) is 24.8 Å². The first-order valence-electron chi connectivity index (χ1n) is 15.4. The van der Waals surface area contributed by atoms with Crippen molar-refractivity contribution < 1.29 is 14.8 Å². The fraction of sp³-hybridized carbons (Fsp3) is 0.286. The third-order valence-corrected chi connectivity index (χ3v) is 6.06. The molecule has 0 saturated carbocycles. The molecule has 3 aromatic carbocycles. The number of H-pyrrole nitrogens is 1. The van der Waals surface area contributed by atoms with Gasteiger partial charge in [0.05, 0.1) is 29.2 Å². The fourth-order valence-electron chi connectivity index (χ4n) is 4.10. The van der Waals surface area contributed by atoms with E-state index in [-0.39, 0.29) is 10.6 Å². The summed E-state index contributed by atoms with van der Waals surface area (Å²) in [6.45, 7) is 13.7. The van der Waals surface area contributed by atoms with Gasteiger partial charge in [0.15, 0.2) is 6.20 Å². The van der Waals surface area contributed by atoms with Crippen molar-refractivity contribution in [2.45, 2.75) is 48.1 Å². The van der Waals surface area contributed by atoms with Gasteiger partial charge in [0.1, 0.15) is 6.54 Å². The third-order valence-electron chi connectivity index (χ3n) is 6.06. The number of quaternary nitrogens is 1. The molecule has 0 aliphatic carbocycles. The molecule has 0 bridgehead atoms. The number of hydrogen-bond donors (Lipinski definition) is 4. The highest BCUT2D eigenvalue weighted by atomic mass is 35.7. The van der Waals surface area contributed by atoms with E-state index in [9.17, 15) is 10.1 Å². The number of nitro groups is 1. The van der Waals surface area contributed by atoms with Crippen molar-refractivity contribution in [1.29, 1.82) is 0 Å². The van der Waals surface area contributed by atoms with Crippen LogP contribution in [0.4, 0.5) is 28.4 Å². The fourth-order valence-corrected chi connectivity index (χ4v) is 4.10. The number of rotatable bonds is 8. The Balaban J connectivity index is 0.00000103. The molecule has 1 aliphatic rings. The van der Waals surface area contributed by atoms with Gasteiger partial charge < -0.3 is 20.9 Å². The summed E-state index contributed by atoms with van der Waals surface area (Å²) in [4.78, 5) is 15.3. The lowest BCUT2D eigenvalue weighted by Gasteiger charge is -2.15. The van der Waals surface area contributed by atoms with Gasteiger partial charge in [0.2, 0.25) is 5.52 Å². The van der Waals surface area contributed by atoms with Gasteiger partial charge >= 0.3 is 0 Å². The minimum atomic E-state index is -0.383. The predicted molar refractivity (Wildman–Crippen MR) is 197 cm³/mol. The number of halogens is 1.